The molecule has 2 aliphatic rings. The highest BCUT2D eigenvalue weighted by atomic mass is 16.5. The van der Waals surface area contributed by atoms with Crippen LogP contribution in [-0.4, -0.2) is 63.4 Å². The van der Waals surface area contributed by atoms with Gasteiger partial charge in [0, 0.05) is 44.4 Å². The van der Waals surface area contributed by atoms with Gasteiger partial charge in [0.05, 0.1) is 17.7 Å². The van der Waals surface area contributed by atoms with E-state index in [9.17, 15) is 9.59 Å². The quantitative estimate of drug-likeness (QED) is 0.905. The Kier molecular flexibility index (Phi) is 4.46. The lowest BCUT2D eigenvalue weighted by molar-refractivity contribution is -0.171. The fourth-order valence-electron chi connectivity index (χ4n) is 3.70. The van der Waals surface area contributed by atoms with Gasteiger partial charge in [-0.05, 0) is 30.5 Å². The summed E-state index contributed by atoms with van der Waals surface area (Å²) >= 11 is 0. The Labute approximate surface area is 152 Å². The van der Waals surface area contributed by atoms with E-state index in [0.29, 0.717) is 31.7 Å². The van der Waals surface area contributed by atoms with Crippen molar-refractivity contribution in [2.45, 2.75) is 25.0 Å². The van der Waals surface area contributed by atoms with Crippen LogP contribution in [0.3, 0.4) is 0 Å². The van der Waals surface area contributed by atoms with Crippen molar-refractivity contribution < 1.29 is 14.3 Å². The molecule has 136 valence electrons. The number of pyridine rings is 1. The maximum Gasteiger partial charge on any atom is 0.255 e. The van der Waals surface area contributed by atoms with Gasteiger partial charge in [0.15, 0.2) is 0 Å². The van der Waals surface area contributed by atoms with Gasteiger partial charge in [-0.15, -0.1) is 0 Å². The van der Waals surface area contributed by atoms with Gasteiger partial charge in [-0.2, -0.15) is 0 Å². The minimum atomic E-state index is -0.356. The fourth-order valence-corrected chi connectivity index (χ4v) is 3.70. The van der Waals surface area contributed by atoms with E-state index in [1.165, 1.54) is 0 Å². The van der Waals surface area contributed by atoms with Gasteiger partial charge in [-0.25, -0.2) is 0 Å². The van der Waals surface area contributed by atoms with Crippen molar-refractivity contribution in [2.24, 2.45) is 0 Å². The van der Waals surface area contributed by atoms with E-state index in [-0.39, 0.29) is 24.0 Å². The van der Waals surface area contributed by atoms with Crippen molar-refractivity contribution >= 4 is 11.8 Å². The van der Waals surface area contributed by atoms with Crippen LogP contribution in [-0.2, 0) is 16.1 Å². The van der Waals surface area contributed by atoms with Crippen molar-refractivity contribution in [2.75, 3.05) is 26.2 Å². The van der Waals surface area contributed by atoms with E-state index in [2.05, 4.69) is 9.97 Å². The van der Waals surface area contributed by atoms with Gasteiger partial charge in [-0.1, -0.05) is 6.07 Å². The van der Waals surface area contributed by atoms with Gasteiger partial charge in [0.25, 0.3) is 5.91 Å². The summed E-state index contributed by atoms with van der Waals surface area (Å²) in [5, 5.41) is 0. The first-order chi connectivity index (χ1) is 12.7. The molecule has 2 aliphatic heterocycles. The molecule has 0 bridgehead atoms. The van der Waals surface area contributed by atoms with Crippen LogP contribution in [0.4, 0.5) is 0 Å². The largest absolute Gasteiger partial charge is 0.367 e. The molecule has 4 rings (SSSR count). The number of hydrogen-bond donors (Lipinski definition) is 1. The number of likely N-dealkylation sites (tertiary alicyclic amines) is 1. The molecule has 0 atom stereocenters. The van der Waals surface area contributed by atoms with Crippen LogP contribution in [0.25, 0.3) is 0 Å². The summed E-state index contributed by atoms with van der Waals surface area (Å²) in [4.78, 5) is 35.5. The lowest BCUT2D eigenvalue weighted by atomic mass is 9.89. The molecule has 1 N–H and O–H groups in total. The highest BCUT2D eigenvalue weighted by Crippen LogP contribution is 2.31. The third-order valence-electron chi connectivity index (χ3n) is 5.24. The molecule has 2 aromatic rings. The summed E-state index contributed by atoms with van der Waals surface area (Å²) in [7, 11) is 0. The van der Waals surface area contributed by atoms with Crippen molar-refractivity contribution in [3.8, 4) is 0 Å². The van der Waals surface area contributed by atoms with Crippen LogP contribution in [0, 0.1) is 0 Å². The summed E-state index contributed by atoms with van der Waals surface area (Å²) in [6.07, 6.45) is 8.46. The molecule has 26 heavy (non-hydrogen) atoms. The average Bonchev–Trinajstić information content (AvgIpc) is 3.21. The van der Waals surface area contributed by atoms with Crippen molar-refractivity contribution in [1.29, 1.82) is 0 Å². The number of nitrogens with zero attached hydrogens (tertiary/aromatic N) is 3. The number of ether oxygens (including phenoxy) is 1. The monoisotopic (exact) mass is 354 g/mol. The number of nitrogens with one attached hydrogen (secondary N) is 1. The number of carbonyl (C=O) groups is 2. The zero-order chi connectivity index (χ0) is 18.0. The fraction of sp³-hybridized carbons (Fsp3) is 0.421. The topological polar surface area (TPSA) is 78.5 Å². The lowest BCUT2D eigenvalue weighted by Gasteiger charge is -2.47. The summed E-state index contributed by atoms with van der Waals surface area (Å²) < 4.78 is 5.95. The van der Waals surface area contributed by atoms with E-state index < -0.39 is 0 Å². The first kappa shape index (κ1) is 16.8. The molecule has 7 nitrogen and oxygen atoms in total. The first-order valence-corrected chi connectivity index (χ1v) is 8.88. The highest BCUT2D eigenvalue weighted by Gasteiger charge is 2.43. The normalized spacial score (nSPS) is 19.8. The van der Waals surface area contributed by atoms with E-state index in [0.717, 1.165) is 18.4 Å². The molecular formula is C19H22N4O3. The molecule has 0 saturated carbocycles. The molecular weight excluding hydrogens is 332 g/mol. The molecule has 2 fully saturated rings. The Bertz CT molecular complexity index is 767. The molecule has 2 amide bonds. The van der Waals surface area contributed by atoms with Crippen LogP contribution in [0.1, 0.15) is 28.8 Å². The summed E-state index contributed by atoms with van der Waals surface area (Å²) in [5.74, 6) is 0.0468. The van der Waals surface area contributed by atoms with Crippen LogP contribution in [0.2, 0.25) is 0 Å². The maximum absolute atomic E-state index is 12.5. The Hall–Kier alpha value is -2.67. The van der Waals surface area contributed by atoms with Crippen LogP contribution in [0.5, 0.6) is 0 Å². The number of aromatic nitrogens is 2. The minimum Gasteiger partial charge on any atom is -0.367 e. The van der Waals surface area contributed by atoms with Gasteiger partial charge >= 0.3 is 0 Å². The van der Waals surface area contributed by atoms with Gasteiger partial charge in [0.1, 0.15) is 6.61 Å². The van der Waals surface area contributed by atoms with E-state index in [1.807, 2.05) is 21.9 Å². The summed E-state index contributed by atoms with van der Waals surface area (Å²) in [6.45, 7) is 2.49. The Morgan fingerprint density at radius 2 is 2.15 bits per heavy atom. The van der Waals surface area contributed by atoms with Crippen molar-refractivity contribution in [3.05, 3.63) is 54.1 Å². The maximum atomic E-state index is 12.5. The Morgan fingerprint density at radius 1 is 1.31 bits per heavy atom. The lowest BCUT2D eigenvalue weighted by Crippen LogP contribution is -2.59. The number of amides is 2. The molecule has 1 spiro atoms. The SMILES string of the molecule is O=C1COC2(CCN(C(=O)c3cc[nH]c3)CC2)CN1Cc1cccnc1. The number of carbonyl (C=O) groups excluding carboxylic acids is 2. The molecule has 2 saturated heterocycles. The van der Waals surface area contributed by atoms with E-state index >= 15 is 0 Å². The summed E-state index contributed by atoms with van der Waals surface area (Å²) in [6, 6.07) is 5.64. The predicted molar refractivity (Wildman–Crippen MR) is 94.3 cm³/mol. The van der Waals surface area contributed by atoms with Crippen LogP contribution in [0.15, 0.2) is 43.0 Å². The van der Waals surface area contributed by atoms with Crippen molar-refractivity contribution in [1.82, 2.24) is 19.8 Å². The first-order valence-electron chi connectivity index (χ1n) is 8.88. The second-order valence-electron chi connectivity index (χ2n) is 6.97. The zero-order valence-corrected chi connectivity index (χ0v) is 14.6. The molecule has 0 aliphatic carbocycles. The second-order valence-corrected chi connectivity index (χ2v) is 6.97. The number of hydrogen-bond acceptors (Lipinski definition) is 4. The zero-order valence-electron chi connectivity index (χ0n) is 14.6. The van der Waals surface area contributed by atoms with Gasteiger partial charge in [0.2, 0.25) is 5.91 Å². The summed E-state index contributed by atoms with van der Waals surface area (Å²) in [5.41, 5.74) is 1.34. The van der Waals surface area contributed by atoms with Crippen molar-refractivity contribution in [3.63, 3.8) is 0 Å². The highest BCUT2D eigenvalue weighted by molar-refractivity contribution is 5.94. The van der Waals surface area contributed by atoms with E-state index in [4.69, 9.17) is 4.74 Å². The Morgan fingerprint density at radius 3 is 2.85 bits per heavy atom. The number of rotatable bonds is 3. The average molecular weight is 354 g/mol. The molecule has 4 heterocycles. The molecule has 0 radical (unpaired) electrons. The number of H-pyrrole nitrogens is 1. The third-order valence-corrected chi connectivity index (χ3v) is 5.24. The Balaban J connectivity index is 1.40. The van der Waals surface area contributed by atoms with Gasteiger partial charge in [-0.3, -0.25) is 14.6 Å². The van der Waals surface area contributed by atoms with E-state index in [1.54, 1.807) is 30.9 Å². The third kappa shape index (κ3) is 3.35. The molecule has 0 aromatic carbocycles. The second kappa shape index (κ2) is 6.92. The van der Waals surface area contributed by atoms with Gasteiger partial charge < -0.3 is 19.5 Å². The molecule has 2 aromatic heterocycles. The number of aromatic amines is 1. The standard InChI is InChI=1S/C19H22N4O3/c24-17-13-26-19(14-23(17)12-15-2-1-6-20-10-15)4-8-22(9-5-19)18(25)16-3-7-21-11-16/h1-3,6-7,10-11,21H,4-5,8-9,12-14H2. The smallest absolute Gasteiger partial charge is 0.255 e. The molecule has 7 heteroatoms. The minimum absolute atomic E-state index is 0.00491. The number of morpholine rings is 1. The molecule has 0 unspecified atom stereocenters. The number of piperidine rings is 1. The van der Waals surface area contributed by atoms with Crippen LogP contribution < -0.4 is 0 Å². The predicted octanol–water partition coefficient (Wildman–Crippen LogP) is 1.44. The van der Waals surface area contributed by atoms with Crippen LogP contribution >= 0.6 is 0 Å².